The van der Waals surface area contributed by atoms with Crippen molar-refractivity contribution in [2.45, 2.75) is 62.2 Å². The second kappa shape index (κ2) is 8.08. The Kier molecular flexibility index (Phi) is 6.76. The molecule has 0 bridgehead atoms. The van der Waals surface area contributed by atoms with E-state index in [1.165, 1.54) is 14.0 Å². The van der Waals surface area contributed by atoms with E-state index in [1.54, 1.807) is 6.92 Å². The summed E-state index contributed by atoms with van der Waals surface area (Å²) in [6.45, 7) is 3.19. The van der Waals surface area contributed by atoms with Gasteiger partial charge >= 0.3 is 10.1 Å². The molecule has 2 heterocycles. The van der Waals surface area contributed by atoms with E-state index >= 15 is 0 Å². The molecule has 11 nitrogen and oxygen atoms in total. The molecule has 3 unspecified atom stereocenters. The SMILES string of the molecule is CO[C@@H]1OC(C)[C@H](O[C@@H]2OC[C@@H](C)C(O)[C@@H]2O)[C@H](S(=O)(=O)OO)C1O. The molecule has 2 saturated heterocycles. The molecule has 148 valence electrons. The Morgan fingerprint density at radius 2 is 1.68 bits per heavy atom. The van der Waals surface area contributed by atoms with Crippen molar-refractivity contribution in [1.29, 1.82) is 0 Å². The molecule has 0 amide bonds. The lowest BCUT2D eigenvalue weighted by atomic mass is 9.97. The zero-order chi connectivity index (χ0) is 18.9. The zero-order valence-corrected chi connectivity index (χ0v) is 14.8. The molecule has 25 heavy (non-hydrogen) atoms. The second-order valence-corrected chi connectivity index (χ2v) is 7.91. The fourth-order valence-electron chi connectivity index (χ4n) is 2.97. The van der Waals surface area contributed by atoms with Crippen LogP contribution in [0.2, 0.25) is 0 Å². The van der Waals surface area contributed by atoms with E-state index in [9.17, 15) is 23.7 Å². The topological polar surface area (TPSA) is 161 Å². The van der Waals surface area contributed by atoms with Gasteiger partial charge in [0.25, 0.3) is 0 Å². The Morgan fingerprint density at radius 1 is 1.04 bits per heavy atom. The van der Waals surface area contributed by atoms with Crippen LogP contribution in [0, 0.1) is 5.92 Å². The van der Waals surface area contributed by atoms with Crippen LogP contribution in [0.1, 0.15) is 13.8 Å². The van der Waals surface area contributed by atoms with Crippen LogP contribution >= 0.6 is 0 Å². The molecule has 0 saturated carbocycles. The van der Waals surface area contributed by atoms with Crippen molar-refractivity contribution in [2.75, 3.05) is 13.7 Å². The summed E-state index contributed by atoms with van der Waals surface area (Å²) in [5.41, 5.74) is 0. The summed E-state index contributed by atoms with van der Waals surface area (Å²) in [6.07, 6.45) is -9.29. The van der Waals surface area contributed by atoms with Crippen molar-refractivity contribution >= 4 is 10.1 Å². The van der Waals surface area contributed by atoms with Gasteiger partial charge in [0.05, 0.1) is 18.8 Å². The van der Waals surface area contributed by atoms with E-state index in [2.05, 4.69) is 4.33 Å². The van der Waals surface area contributed by atoms with E-state index in [4.69, 9.17) is 24.2 Å². The van der Waals surface area contributed by atoms with Gasteiger partial charge in [-0.3, -0.25) is 0 Å². The molecule has 4 N–H and O–H groups in total. The van der Waals surface area contributed by atoms with E-state index in [0.717, 1.165) is 0 Å². The van der Waals surface area contributed by atoms with Crippen LogP contribution in [0.3, 0.4) is 0 Å². The number of aliphatic hydroxyl groups is 3. The van der Waals surface area contributed by atoms with Crippen molar-refractivity contribution in [2.24, 2.45) is 5.92 Å². The Balaban J connectivity index is 2.26. The highest BCUT2D eigenvalue weighted by Gasteiger charge is 2.54. The maximum Gasteiger partial charge on any atom is 0.301 e. The van der Waals surface area contributed by atoms with Gasteiger partial charge in [0.1, 0.15) is 23.6 Å². The highest BCUT2D eigenvalue weighted by Crippen LogP contribution is 2.32. The normalized spacial score (nSPS) is 46.1. The second-order valence-electron chi connectivity index (χ2n) is 6.23. The molecule has 9 atom stereocenters. The van der Waals surface area contributed by atoms with Crippen LogP contribution in [0.15, 0.2) is 0 Å². The molecule has 2 aliphatic rings. The van der Waals surface area contributed by atoms with Gasteiger partial charge in [0, 0.05) is 13.0 Å². The van der Waals surface area contributed by atoms with Gasteiger partial charge in [-0.15, -0.1) is 4.33 Å². The van der Waals surface area contributed by atoms with Gasteiger partial charge in [-0.05, 0) is 6.92 Å². The Bertz CT molecular complexity index is 540. The number of hydrogen-bond donors (Lipinski definition) is 4. The fraction of sp³-hybridized carbons (Fsp3) is 1.00. The van der Waals surface area contributed by atoms with Gasteiger partial charge in [-0.25, -0.2) is 5.26 Å². The third-order valence-corrected chi connectivity index (χ3v) is 5.87. The average molecular weight is 388 g/mol. The Hall–Kier alpha value is -0.410. The van der Waals surface area contributed by atoms with Gasteiger partial charge in [0.15, 0.2) is 12.6 Å². The number of ether oxygens (including phenoxy) is 4. The van der Waals surface area contributed by atoms with Crippen LogP contribution in [0.25, 0.3) is 0 Å². The number of methoxy groups -OCH3 is 1. The van der Waals surface area contributed by atoms with Crippen molar-refractivity contribution in [1.82, 2.24) is 0 Å². The fourth-order valence-corrected chi connectivity index (χ4v) is 4.15. The van der Waals surface area contributed by atoms with Crippen LogP contribution in [-0.4, -0.2) is 91.1 Å². The zero-order valence-electron chi connectivity index (χ0n) is 14.0. The lowest BCUT2D eigenvalue weighted by Crippen LogP contribution is -2.63. The molecular weight excluding hydrogens is 364 g/mol. The Morgan fingerprint density at radius 3 is 2.24 bits per heavy atom. The summed E-state index contributed by atoms with van der Waals surface area (Å²) in [6, 6.07) is 0. The van der Waals surface area contributed by atoms with Gasteiger partial charge in [-0.2, -0.15) is 8.42 Å². The van der Waals surface area contributed by atoms with Crippen LogP contribution in [0.4, 0.5) is 0 Å². The number of rotatable bonds is 5. The first-order valence-corrected chi connectivity index (χ1v) is 9.17. The van der Waals surface area contributed by atoms with E-state index < -0.39 is 58.5 Å². The maximum absolute atomic E-state index is 12.0. The van der Waals surface area contributed by atoms with E-state index in [1.807, 2.05) is 0 Å². The predicted molar refractivity (Wildman–Crippen MR) is 79.6 cm³/mol. The third-order valence-electron chi connectivity index (χ3n) is 4.45. The van der Waals surface area contributed by atoms with E-state index in [-0.39, 0.29) is 12.5 Å². The van der Waals surface area contributed by atoms with Crippen LogP contribution in [0.5, 0.6) is 0 Å². The molecule has 0 aromatic carbocycles. The smallest absolute Gasteiger partial charge is 0.301 e. The summed E-state index contributed by atoms with van der Waals surface area (Å²) in [4.78, 5) is 0. The molecule has 0 aliphatic carbocycles. The molecule has 0 aromatic rings. The monoisotopic (exact) mass is 388 g/mol. The third kappa shape index (κ3) is 4.13. The van der Waals surface area contributed by atoms with E-state index in [0.29, 0.717) is 0 Å². The highest BCUT2D eigenvalue weighted by molar-refractivity contribution is 7.87. The van der Waals surface area contributed by atoms with Gasteiger partial charge in [0.2, 0.25) is 0 Å². The predicted octanol–water partition coefficient (Wildman–Crippen LogP) is -1.97. The minimum Gasteiger partial charge on any atom is -0.390 e. The first-order valence-electron chi connectivity index (χ1n) is 7.70. The maximum atomic E-state index is 12.0. The lowest BCUT2D eigenvalue weighted by molar-refractivity contribution is -0.314. The largest absolute Gasteiger partial charge is 0.390 e. The lowest BCUT2D eigenvalue weighted by Gasteiger charge is -2.44. The van der Waals surface area contributed by atoms with Crippen molar-refractivity contribution in [3.63, 3.8) is 0 Å². The molecule has 0 aromatic heterocycles. The molecule has 12 heteroatoms. The van der Waals surface area contributed by atoms with Crippen molar-refractivity contribution < 1.29 is 52.3 Å². The molecule has 0 radical (unpaired) electrons. The minimum atomic E-state index is -4.67. The Labute approximate surface area is 145 Å². The highest BCUT2D eigenvalue weighted by atomic mass is 32.2. The molecular formula is C13H24O11S. The first kappa shape index (κ1) is 20.9. The van der Waals surface area contributed by atoms with Crippen molar-refractivity contribution in [3.8, 4) is 0 Å². The summed E-state index contributed by atoms with van der Waals surface area (Å²) >= 11 is 0. The standard InChI is InChI=1S/C13H24O11S/c1-5-4-21-13(8(15)7(5)14)23-10-6(2)22-12(20-3)9(16)11(10)25(18,19)24-17/h5-17H,4H2,1-3H3/t5-,6?,7?,8+,9?,10+,11-,12-,13+/m1/s1. The van der Waals surface area contributed by atoms with Gasteiger partial charge in [-0.1, -0.05) is 6.92 Å². The summed E-state index contributed by atoms with van der Waals surface area (Å²) in [5, 5.41) is 37.1. The van der Waals surface area contributed by atoms with Crippen LogP contribution < -0.4 is 0 Å². The number of aliphatic hydroxyl groups excluding tert-OH is 3. The quantitative estimate of drug-likeness (QED) is 0.305. The molecule has 0 spiro atoms. The van der Waals surface area contributed by atoms with Gasteiger partial charge < -0.3 is 34.3 Å². The summed E-state index contributed by atoms with van der Waals surface area (Å²) < 4.78 is 48.7. The summed E-state index contributed by atoms with van der Waals surface area (Å²) in [5.74, 6) is -0.348. The molecule has 2 rings (SSSR count). The minimum absolute atomic E-state index is 0.0714. The average Bonchev–Trinajstić information content (AvgIpc) is 2.57. The van der Waals surface area contributed by atoms with Crippen LogP contribution in [-0.2, 0) is 33.4 Å². The summed E-state index contributed by atoms with van der Waals surface area (Å²) in [7, 11) is -3.46. The number of hydrogen-bond acceptors (Lipinski definition) is 11. The molecule has 2 fully saturated rings. The van der Waals surface area contributed by atoms with Crippen molar-refractivity contribution in [3.05, 3.63) is 0 Å². The first-order chi connectivity index (χ1) is 11.6. The molecule has 2 aliphatic heterocycles.